The van der Waals surface area contributed by atoms with E-state index in [9.17, 15) is 25.0 Å². The lowest BCUT2D eigenvalue weighted by Crippen LogP contribution is -2.09. The summed E-state index contributed by atoms with van der Waals surface area (Å²) < 4.78 is 0.805. The molecule has 2 aromatic rings. The van der Waals surface area contributed by atoms with Crippen LogP contribution in [0.25, 0.3) is 5.69 Å². The number of nitrogens with zero attached hydrogens (tertiary/aromatic N) is 4. The maximum Gasteiger partial charge on any atom is 0.390 e. The Morgan fingerprint density at radius 2 is 1.90 bits per heavy atom. The van der Waals surface area contributed by atoms with Crippen LogP contribution < -0.4 is 0 Å². The summed E-state index contributed by atoms with van der Waals surface area (Å²) in [5.41, 5.74) is -1.22. The fraction of sp³-hybridized carbons (Fsp3) is 0. The minimum atomic E-state index is -1.40. The van der Waals surface area contributed by atoms with Crippen LogP contribution in [0.4, 0.5) is 11.5 Å². The van der Waals surface area contributed by atoms with Crippen LogP contribution in [0.5, 0.6) is 0 Å². The van der Waals surface area contributed by atoms with Gasteiger partial charge in [-0.1, -0.05) is 6.07 Å². The summed E-state index contributed by atoms with van der Waals surface area (Å²) in [6.07, 6.45) is 1.09. The molecule has 0 amide bonds. The molecule has 0 unspecified atom stereocenters. The van der Waals surface area contributed by atoms with Gasteiger partial charge in [-0.15, -0.1) is 4.68 Å². The average Bonchev–Trinajstić information content (AvgIpc) is 2.87. The molecule has 10 nitrogen and oxygen atoms in total. The number of hydrogen-bond acceptors (Lipinski definition) is 6. The lowest BCUT2D eigenvalue weighted by atomic mass is 10.1. The molecular formula is C10H6N4O6. The zero-order valence-electron chi connectivity index (χ0n) is 9.66. The molecule has 0 radical (unpaired) electrons. The Balaban J connectivity index is 2.72. The van der Waals surface area contributed by atoms with Crippen LogP contribution in [0.1, 0.15) is 10.4 Å². The second-order valence-corrected chi connectivity index (χ2v) is 3.61. The maximum absolute atomic E-state index is 11.1. The second-order valence-electron chi connectivity index (χ2n) is 3.61. The van der Waals surface area contributed by atoms with Crippen LogP contribution >= 0.6 is 0 Å². The molecule has 10 heteroatoms. The summed E-state index contributed by atoms with van der Waals surface area (Å²) >= 11 is 0. The zero-order chi connectivity index (χ0) is 14.9. The van der Waals surface area contributed by atoms with Gasteiger partial charge in [0.1, 0.15) is 0 Å². The van der Waals surface area contributed by atoms with E-state index in [0.717, 1.165) is 29.1 Å². The van der Waals surface area contributed by atoms with Crippen molar-refractivity contribution in [2.24, 2.45) is 0 Å². The Bertz CT molecular complexity index is 690. The molecule has 0 atom stereocenters. The lowest BCUT2D eigenvalue weighted by Gasteiger charge is -2.03. The molecule has 0 aliphatic heterocycles. The van der Waals surface area contributed by atoms with Crippen molar-refractivity contribution >= 4 is 17.5 Å². The minimum Gasteiger partial charge on any atom is -0.478 e. The Hall–Kier alpha value is -3.30. The second kappa shape index (κ2) is 4.76. The van der Waals surface area contributed by atoms with Crippen molar-refractivity contribution in [3.63, 3.8) is 0 Å². The molecular weight excluding hydrogens is 272 g/mol. The van der Waals surface area contributed by atoms with Gasteiger partial charge >= 0.3 is 11.8 Å². The van der Waals surface area contributed by atoms with E-state index in [4.69, 9.17) is 5.11 Å². The lowest BCUT2D eigenvalue weighted by molar-refractivity contribution is -0.389. The van der Waals surface area contributed by atoms with E-state index < -0.39 is 27.3 Å². The van der Waals surface area contributed by atoms with Gasteiger partial charge in [-0.05, 0) is 11.0 Å². The van der Waals surface area contributed by atoms with Gasteiger partial charge < -0.3 is 15.2 Å². The van der Waals surface area contributed by atoms with Crippen LogP contribution in [-0.4, -0.2) is 30.7 Å². The van der Waals surface area contributed by atoms with Crippen LogP contribution in [0.15, 0.2) is 30.5 Å². The first kappa shape index (κ1) is 13.1. The van der Waals surface area contributed by atoms with E-state index in [2.05, 4.69) is 5.10 Å². The van der Waals surface area contributed by atoms with Crippen molar-refractivity contribution in [1.29, 1.82) is 0 Å². The van der Waals surface area contributed by atoms with Crippen LogP contribution in [0, 0.1) is 20.2 Å². The third-order valence-corrected chi connectivity index (χ3v) is 2.43. The monoisotopic (exact) mass is 278 g/mol. The van der Waals surface area contributed by atoms with E-state index in [1.165, 1.54) is 6.07 Å². The van der Waals surface area contributed by atoms with Gasteiger partial charge in [-0.3, -0.25) is 10.1 Å². The van der Waals surface area contributed by atoms with Crippen molar-refractivity contribution in [2.75, 3.05) is 0 Å². The van der Waals surface area contributed by atoms with Crippen LogP contribution in [0.2, 0.25) is 0 Å². The highest BCUT2D eigenvalue weighted by Crippen LogP contribution is 2.27. The molecule has 0 bridgehead atoms. The number of aromatic nitrogens is 2. The quantitative estimate of drug-likeness (QED) is 0.657. The van der Waals surface area contributed by atoms with Crippen molar-refractivity contribution < 1.29 is 19.7 Å². The number of aromatic carboxylic acids is 1. The third kappa shape index (κ3) is 2.16. The van der Waals surface area contributed by atoms with E-state index in [1.807, 2.05) is 0 Å². The molecule has 0 aliphatic carbocycles. The van der Waals surface area contributed by atoms with Crippen molar-refractivity contribution in [1.82, 2.24) is 9.78 Å². The van der Waals surface area contributed by atoms with Gasteiger partial charge in [-0.25, -0.2) is 4.79 Å². The topological polar surface area (TPSA) is 141 Å². The summed E-state index contributed by atoms with van der Waals surface area (Å²) in [6, 6.07) is 4.47. The first-order valence-corrected chi connectivity index (χ1v) is 5.13. The number of carbonyl (C=O) groups is 1. The highest BCUT2D eigenvalue weighted by Gasteiger charge is 2.26. The number of carboxylic acid groups (broad SMARTS) is 1. The molecule has 0 aliphatic rings. The van der Waals surface area contributed by atoms with Gasteiger partial charge in [0.15, 0.2) is 5.69 Å². The number of rotatable bonds is 4. The van der Waals surface area contributed by atoms with Crippen molar-refractivity contribution in [3.05, 3.63) is 56.3 Å². The SMILES string of the molecule is O=C(O)c1cccc([N+](=O)[O-])c1-n1ccc([N+](=O)[O-])n1. The Labute approximate surface area is 110 Å². The normalized spacial score (nSPS) is 10.2. The fourth-order valence-electron chi connectivity index (χ4n) is 1.63. The summed E-state index contributed by atoms with van der Waals surface area (Å²) in [6.45, 7) is 0. The van der Waals surface area contributed by atoms with E-state index in [-0.39, 0.29) is 11.3 Å². The zero-order valence-corrected chi connectivity index (χ0v) is 9.66. The molecule has 1 aromatic heterocycles. The Kier molecular flexibility index (Phi) is 3.13. The van der Waals surface area contributed by atoms with Gasteiger partial charge in [0.05, 0.1) is 27.8 Å². The summed E-state index contributed by atoms with van der Waals surface area (Å²) in [5.74, 6) is -1.94. The molecule has 1 N–H and O–H groups in total. The third-order valence-electron chi connectivity index (χ3n) is 2.43. The molecule has 102 valence electrons. The first-order chi connectivity index (χ1) is 9.41. The number of nitro groups is 2. The van der Waals surface area contributed by atoms with E-state index >= 15 is 0 Å². The summed E-state index contributed by atoms with van der Waals surface area (Å²) in [5, 5.41) is 34.1. The van der Waals surface area contributed by atoms with Gasteiger partial charge in [0, 0.05) is 6.07 Å². The van der Waals surface area contributed by atoms with Gasteiger partial charge in [0.2, 0.25) is 0 Å². The summed E-state index contributed by atoms with van der Waals surface area (Å²) in [7, 11) is 0. The summed E-state index contributed by atoms with van der Waals surface area (Å²) in [4.78, 5) is 31.1. The van der Waals surface area contributed by atoms with E-state index in [0.29, 0.717) is 0 Å². The molecule has 1 aromatic carbocycles. The van der Waals surface area contributed by atoms with Crippen molar-refractivity contribution in [3.8, 4) is 5.69 Å². The van der Waals surface area contributed by atoms with Crippen LogP contribution in [-0.2, 0) is 0 Å². The Morgan fingerprint density at radius 3 is 2.40 bits per heavy atom. The van der Waals surface area contributed by atoms with E-state index in [1.54, 1.807) is 0 Å². The highest BCUT2D eigenvalue weighted by atomic mass is 16.6. The minimum absolute atomic E-state index is 0.335. The number of para-hydroxylation sites is 1. The standard InChI is InChI=1S/C10H6N4O6/c15-10(16)6-2-1-3-7(13(17)18)9(6)12-5-4-8(11-12)14(19)20/h1-5H,(H,15,16). The number of carboxylic acids is 1. The average molecular weight is 278 g/mol. The number of benzene rings is 1. The van der Waals surface area contributed by atoms with Crippen molar-refractivity contribution in [2.45, 2.75) is 0 Å². The molecule has 1 heterocycles. The predicted molar refractivity (Wildman–Crippen MR) is 63.8 cm³/mol. The van der Waals surface area contributed by atoms with Crippen LogP contribution in [0.3, 0.4) is 0 Å². The largest absolute Gasteiger partial charge is 0.478 e. The molecule has 0 fully saturated rings. The first-order valence-electron chi connectivity index (χ1n) is 5.13. The fourth-order valence-corrected chi connectivity index (χ4v) is 1.63. The molecule has 2 rings (SSSR count). The molecule has 0 saturated carbocycles. The molecule has 0 saturated heterocycles. The predicted octanol–water partition coefficient (Wildman–Crippen LogP) is 1.39. The number of nitro benzene ring substituents is 1. The maximum atomic E-state index is 11.1. The molecule has 20 heavy (non-hydrogen) atoms. The molecule has 0 spiro atoms. The number of hydrogen-bond donors (Lipinski definition) is 1. The highest BCUT2D eigenvalue weighted by molar-refractivity contribution is 5.93. The Morgan fingerprint density at radius 1 is 1.20 bits per heavy atom. The van der Waals surface area contributed by atoms with Gasteiger partial charge in [-0.2, -0.15) is 0 Å². The van der Waals surface area contributed by atoms with Gasteiger partial charge in [0.25, 0.3) is 5.69 Å². The smallest absolute Gasteiger partial charge is 0.390 e.